The summed E-state index contributed by atoms with van der Waals surface area (Å²) in [6.07, 6.45) is 6.51. The van der Waals surface area contributed by atoms with Crippen LogP contribution in [0.3, 0.4) is 0 Å². The predicted octanol–water partition coefficient (Wildman–Crippen LogP) is 3.21. The Balaban J connectivity index is 2.39. The summed E-state index contributed by atoms with van der Waals surface area (Å²) >= 11 is 0. The molecule has 0 saturated carbocycles. The number of rotatable bonds is 5. The molecule has 0 spiro atoms. The molecule has 0 N–H and O–H groups in total. The molecule has 1 unspecified atom stereocenters. The van der Waals surface area contributed by atoms with Crippen LogP contribution in [-0.4, -0.2) is 13.2 Å². The minimum Gasteiger partial charge on any atom is -0.377 e. The summed E-state index contributed by atoms with van der Waals surface area (Å²) in [4.78, 5) is 0. The van der Waals surface area contributed by atoms with Gasteiger partial charge in [-0.2, -0.15) is 0 Å². The molecule has 0 radical (unpaired) electrons. The largest absolute Gasteiger partial charge is 0.377 e. The van der Waals surface area contributed by atoms with Gasteiger partial charge in [0.2, 0.25) is 0 Å². The molecule has 1 aromatic rings. The van der Waals surface area contributed by atoms with Crippen LogP contribution in [0.2, 0.25) is 0 Å². The van der Waals surface area contributed by atoms with Crippen LogP contribution in [-0.2, 0) is 11.2 Å². The SMILES string of the molecule is CC=CC(CCc1ccccc1)OC. The number of methoxy groups -OCH3 is 1. The van der Waals surface area contributed by atoms with Crippen molar-refractivity contribution in [3.63, 3.8) is 0 Å². The van der Waals surface area contributed by atoms with E-state index in [9.17, 15) is 0 Å². The Morgan fingerprint density at radius 2 is 2.00 bits per heavy atom. The highest BCUT2D eigenvalue weighted by atomic mass is 16.5. The van der Waals surface area contributed by atoms with E-state index in [4.69, 9.17) is 4.74 Å². The zero-order chi connectivity index (χ0) is 10.2. The van der Waals surface area contributed by atoms with Crippen LogP contribution < -0.4 is 0 Å². The van der Waals surface area contributed by atoms with E-state index in [0.29, 0.717) is 0 Å². The molecular formula is C13H18O. The van der Waals surface area contributed by atoms with E-state index in [1.165, 1.54) is 5.56 Å². The first-order valence-corrected chi connectivity index (χ1v) is 5.06. The molecule has 0 aliphatic carbocycles. The van der Waals surface area contributed by atoms with Crippen molar-refractivity contribution in [2.45, 2.75) is 25.9 Å². The van der Waals surface area contributed by atoms with E-state index in [2.05, 4.69) is 30.3 Å². The van der Waals surface area contributed by atoms with E-state index in [-0.39, 0.29) is 6.10 Å². The molecule has 0 heterocycles. The van der Waals surface area contributed by atoms with E-state index in [1.807, 2.05) is 19.1 Å². The summed E-state index contributed by atoms with van der Waals surface area (Å²) in [7, 11) is 1.76. The minimum absolute atomic E-state index is 0.250. The lowest BCUT2D eigenvalue weighted by atomic mass is 10.1. The number of hydrogen-bond acceptors (Lipinski definition) is 1. The normalized spacial score (nSPS) is 13.3. The molecule has 0 aromatic heterocycles. The van der Waals surface area contributed by atoms with Crippen LogP contribution in [0.5, 0.6) is 0 Å². The molecule has 0 bridgehead atoms. The Hall–Kier alpha value is -1.08. The predicted molar refractivity (Wildman–Crippen MR) is 60.4 cm³/mol. The van der Waals surface area contributed by atoms with Gasteiger partial charge in [0.25, 0.3) is 0 Å². The van der Waals surface area contributed by atoms with E-state index in [1.54, 1.807) is 7.11 Å². The standard InChI is InChI=1S/C13H18O/c1-3-7-13(14-2)11-10-12-8-5-4-6-9-12/h3-9,13H,10-11H2,1-2H3. The zero-order valence-corrected chi connectivity index (χ0v) is 8.94. The maximum Gasteiger partial charge on any atom is 0.0755 e. The summed E-state index contributed by atoms with van der Waals surface area (Å²) < 4.78 is 5.33. The second-order valence-corrected chi connectivity index (χ2v) is 3.32. The van der Waals surface area contributed by atoms with Gasteiger partial charge in [-0.1, -0.05) is 42.5 Å². The first kappa shape index (κ1) is 11.0. The van der Waals surface area contributed by atoms with Crippen molar-refractivity contribution in [1.82, 2.24) is 0 Å². The molecule has 1 nitrogen and oxygen atoms in total. The Kier molecular flexibility index (Phi) is 5.02. The van der Waals surface area contributed by atoms with Crippen LogP contribution >= 0.6 is 0 Å². The maximum atomic E-state index is 5.33. The average molecular weight is 190 g/mol. The van der Waals surface area contributed by atoms with Crippen LogP contribution in [0, 0.1) is 0 Å². The van der Waals surface area contributed by atoms with Gasteiger partial charge in [0, 0.05) is 7.11 Å². The Bertz CT molecular complexity index is 264. The molecular weight excluding hydrogens is 172 g/mol. The van der Waals surface area contributed by atoms with E-state index >= 15 is 0 Å². The lowest BCUT2D eigenvalue weighted by Gasteiger charge is -2.10. The fourth-order valence-corrected chi connectivity index (χ4v) is 1.46. The van der Waals surface area contributed by atoms with Crippen LogP contribution in [0.25, 0.3) is 0 Å². The molecule has 0 fully saturated rings. The van der Waals surface area contributed by atoms with Gasteiger partial charge in [-0.25, -0.2) is 0 Å². The van der Waals surface area contributed by atoms with Crippen molar-refractivity contribution in [3.8, 4) is 0 Å². The van der Waals surface area contributed by atoms with Gasteiger partial charge in [-0.15, -0.1) is 0 Å². The molecule has 0 aliphatic rings. The Morgan fingerprint density at radius 1 is 1.29 bits per heavy atom. The minimum atomic E-state index is 0.250. The first-order valence-electron chi connectivity index (χ1n) is 5.06. The first-order chi connectivity index (χ1) is 6.86. The molecule has 1 heteroatoms. The van der Waals surface area contributed by atoms with Crippen molar-refractivity contribution < 1.29 is 4.74 Å². The van der Waals surface area contributed by atoms with Crippen LogP contribution in [0.4, 0.5) is 0 Å². The Labute approximate surface area is 86.4 Å². The van der Waals surface area contributed by atoms with Crippen LogP contribution in [0.15, 0.2) is 42.5 Å². The Morgan fingerprint density at radius 3 is 2.57 bits per heavy atom. The zero-order valence-electron chi connectivity index (χ0n) is 8.94. The molecule has 1 rings (SSSR count). The lowest BCUT2D eigenvalue weighted by Crippen LogP contribution is -2.07. The summed E-state index contributed by atoms with van der Waals surface area (Å²) in [5.74, 6) is 0. The second-order valence-electron chi connectivity index (χ2n) is 3.32. The van der Waals surface area contributed by atoms with Gasteiger partial charge in [0.1, 0.15) is 0 Å². The van der Waals surface area contributed by atoms with Crippen molar-refractivity contribution in [3.05, 3.63) is 48.0 Å². The van der Waals surface area contributed by atoms with Crippen molar-refractivity contribution in [1.29, 1.82) is 0 Å². The average Bonchev–Trinajstić information content (AvgIpc) is 2.25. The third-order valence-electron chi connectivity index (χ3n) is 2.27. The van der Waals surface area contributed by atoms with Crippen molar-refractivity contribution in [2.75, 3.05) is 7.11 Å². The topological polar surface area (TPSA) is 9.23 Å². The second kappa shape index (κ2) is 6.39. The summed E-state index contributed by atoms with van der Waals surface area (Å²) in [5.41, 5.74) is 1.37. The molecule has 76 valence electrons. The van der Waals surface area contributed by atoms with Gasteiger partial charge in [0.05, 0.1) is 6.10 Å². The lowest BCUT2D eigenvalue weighted by molar-refractivity contribution is 0.134. The molecule has 1 aromatic carbocycles. The van der Waals surface area contributed by atoms with E-state index < -0.39 is 0 Å². The monoisotopic (exact) mass is 190 g/mol. The third-order valence-corrected chi connectivity index (χ3v) is 2.27. The number of ether oxygens (including phenoxy) is 1. The molecule has 14 heavy (non-hydrogen) atoms. The molecule has 0 saturated heterocycles. The fourth-order valence-electron chi connectivity index (χ4n) is 1.46. The van der Waals surface area contributed by atoms with Gasteiger partial charge in [-0.05, 0) is 25.3 Å². The molecule has 0 amide bonds. The summed E-state index contributed by atoms with van der Waals surface area (Å²) in [5, 5.41) is 0. The highest BCUT2D eigenvalue weighted by Crippen LogP contribution is 2.07. The number of allylic oxidation sites excluding steroid dienone is 1. The molecule has 0 aliphatic heterocycles. The highest BCUT2D eigenvalue weighted by molar-refractivity contribution is 5.15. The van der Waals surface area contributed by atoms with Crippen LogP contribution in [0.1, 0.15) is 18.9 Å². The number of hydrogen-bond donors (Lipinski definition) is 0. The van der Waals surface area contributed by atoms with Gasteiger partial charge in [0.15, 0.2) is 0 Å². The summed E-state index contributed by atoms with van der Waals surface area (Å²) in [6.45, 7) is 2.02. The van der Waals surface area contributed by atoms with Gasteiger partial charge >= 0.3 is 0 Å². The van der Waals surface area contributed by atoms with Gasteiger partial charge < -0.3 is 4.74 Å². The smallest absolute Gasteiger partial charge is 0.0755 e. The van der Waals surface area contributed by atoms with Crippen molar-refractivity contribution >= 4 is 0 Å². The van der Waals surface area contributed by atoms with Crippen molar-refractivity contribution in [2.24, 2.45) is 0 Å². The fraction of sp³-hybridized carbons (Fsp3) is 0.385. The summed E-state index contributed by atoms with van der Waals surface area (Å²) in [6, 6.07) is 10.5. The third kappa shape index (κ3) is 3.75. The van der Waals surface area contributed by atoms with E-state index in [0.717, 1.165) is 12.8 Å². The molecule has 1 atom stereocenters. The highest BCUT2D eigenvalue weighted by Gasteiger charge is 2.01. The quantitative estimate of drug-likeness (QED) is 0.648. The number of benzene rings is 1. The number of aryl methyl sites for hydroxylation is 1. The van der Waals surface area contributed by atoms with Gasteiger partial charge in [-0.3, -0.25) is 0 Å². The maximum absolute atomic E-state index is 5.33.